The van der Waals surface area contributed by atoms with Crippen molar-refractivity contribution in [3.63, 3.8) is 0 Å². The minimum absolute atomic E-state index is 0.0145. The first kappa shape index (κ1) is 16.2. The predicted molar refractivity (Wildman–Crippen MR) is 76.8 cm³/mol. The van der Waals surface area contributed by atoms with Crippen LogP contribution in [0.15, 0.2) is 18.2 Å². The Hall–Kier alpha value is -1.86. The summed E-state index contributed by atoms with van der Waals surface area (Å²) >= 11 is 0. The van der Waals surface area contributed by atoms with Gasteiger partial charge in [-0.25, -0.2) is 4.39 Å². The summed E-state index contributed by atoms with van der Waals surface area (Å²) < 4.78 is 13.6. The van der Waals surface area contributed by atoms with Gasteiger partial charge in [0.05, 0.1) is 5.56 Å². The quantitative estimate of drug-likeness (QED) is 0.641. The van der Waals surface area contributed by atoms with Gasteiger partial charge in [-0.3, -0.25) is 4.79 Å². The van der Waals surface area contributed by atoms with Crippen LogP contribution >= 0.6 is 0 Å². The molecule has 0 saturated heterocycles. The molecule has 20 heavy (non-hydrogen) atoms. The van der Waals surface area contributed by atoms with Gasteiger partial charge in [-0.05, 0) is 37.0 Å². The lowest BCUT2D eigenvalue weighted by Crippen LogP contribution is -2.25. The van der Waals surface area contributed by atoms with Gasteiger partial charge >= 0.3 is 0 Å². The molecule has 0 saturated carbocycles. The van der Waals surface area contributed by atoms with E-state index in [0.717, 1.165) is 12.8 Å². The van der Waals surface area contributed by atoms with Crippen LogP contribution in [0.25, 0.3) is 0 Å². The maximum absolute atomic E-state index is 13.6. The Morgan fingerprint density at radius 3 is 2.85 bits per heavy atom. The van der Waals surface area contributed by atoms with Crippen LogP contribution in [-0.2, 0) is 0 Å². The number of hydrogen-bond donors (Lipinski definition) is 2. The van der Waals surface area contributed by atoms with Gasteiger partial charge in [0.25, 0.3) is 5.91 Å². The molecule has 3 nitrogen and oxygen atoms in total. The van der Waals surface area contributed by atoms with Crippen molar-refractivity contribution < 1.29 is 14.3 Å². The van der Waals surface area contributed by atoms with Crippen LogP contribution in [0.5, 0.6) is 0 Å². The number of aliphatic hydroxyl groups excluding tert-OH is 1. The number of hydrogen-bond acceptors (Lipinski definition) is 2. The lowest BCUT2D eigenvalue weighted by molar-refractivity contribution is 0.0948. The van der Waals surface area contributed by atoms with Gasteiger partial charge < -0.3 is 10.4 Å². The standard InChI is InChI=1S/C16H20FNO2/c1-12(2)5-3-9-18-16(20)14-11-13(6-4-10-19)7-8-15(14)17/h7-8,11-12,19H,3,5,9-10H2,1-2H3,(H,18,20). The second-order valence-corrected chi connectivity index (χ2v) is 4.95. The average molecular weight is 277 g/mol. The van der Waals surface area contributed by atoms with Gasteiger partial charge in [0.15, 0.2) is 0 Å². The van der Waals surface area contributed by atoms with E-state index >= 15 is 0 Å². The van der Waals surface area contributed by atoms with Gasteiger partial charge in [-0.15, -0.1) is 0 Å². The minimum atomic E-state index is -0.569. The molecule has 0 radical (unpaired) electrons. The van der Waals surface area contributed by atoms with Crippen molar-refractivity contribution in [2.75, 3.05) is 13.2 Å². The first-order valence-corrected chi connectivity index (χ1v) is 6.72. The highest BCUT2D eigenvalue weighted by Gasteiger charge is 2.11. The maximum atomic E-state index is 13.6. The third kappa shape index (κ3) is 5.41. The molecule has 1 amide bonds. The Balaban J connectivity index is 2.67. The summed E-state index contributed by atoms with van der Waals surface area (Å²) in [6.45, 7) is 4.49. The highest BCUT2D eigenvalue weighted by atomic mass is 19.1. The van der Waals surface area contributed by atoms with Crippen molar-refractivity contribution in [1.29, 1.82) is 0 Å². The van der Waals surface area contributed by atoms with Crippen molar-refractivity contribution >= 4 is 5.91 Å². The molecular formula is C16H20FNO2. The van der Waals surface area contributed by atoms with E-state index in [0.29, 0.717) is 18.0 Å². The first-order chi connectivity index (χ1) is 9.54. The zero-order valence-corrected chi connectivity index (χ0v) is 11.9. The fraction of sp³-hybridized carbons (Fsp3) is 0.438. The Bertz CT molecular complexity index is 515. The van der Waals surface area contributed by atoms with E-state index in [1.54, 1.807) is 0 Å². The molecule has 0 aliphatic rings. The number of aliphatic hydroxyl groups is 1. The molecule has 0 spiro atoms. The molecule has 0 unspecified atom stereocenters. The van der Waals surface area contributed by atoms with E-state index in [2.05, 4.69) is 31.0 Å². The number of halogens is 1. The van der Waals surface area contributed by atoms with Gasteiger partial charge in [0.1, 0.15) is 12.4 Å². The summed E-state index contributed by atoms with van der Waals surface area (Å²) in [5.41, 5.74) is 0.493. The number of carbonyl (C=O) groups excluding carboxylic acids is 1. The molecule has 0 aliphatic heterocycles. The summed E-state index contributed by atoms with van der Waals surface area (Å²) in [5, 5.41) is 11.3. The van der Waals surface area contributed by atoms with Crippen LogP contribution in [0, 0.1) is 23.6 Å². The third-order valence-electron chi connectivity index (χ3n) is 2.77. The van der Waals surface area contributed by atoms with Crippen molar-refractivity contribution in [3.8, 4) is 11.8 Å². The van der Waals surface area contributed by atoms with E-state index in [9.17, 15) is 9.18 Å². The number of benzene rings is 1. The largest absolute Gasteiger partial charge is 0.384 e. The van der Waals surface area contributed by atoms with Gasteiger partial charge in [0.2, 0.25) is 0 Å². The monoisotopic (exact) mass is 277 g/mol. The topological polar surface area (TPSA) is 49.3 Å². The molecular weight excluding hydrogens is 257 g/mol. The molecule has 0 aromatic heterocycles. The summed E-state index contributed by atoms with van der Waals surface area (Å²) in [5.74, 6) is 4.70. The highest BCUT2D eigenvalue weighted by molar-refractivity contribution is 5.94. The Morgan fingerprint density at radius 1 is 1.45 bits per heavy atom. The SMILES string of the molecule is CC(C)CCCNC(=O)c1cc(C#CCO)ccc1F. The zero-order valence-electron chi connectivity index (χ0n) is 11.9. The maximum Gasteiger partial charge on any atom is 0.254 e. The number of rotatable bonds is 5. The molecule has 1 aromatic rings. The molecule has 4 heteroatoms. The van der Waals surface area contributed by atoms with E-state index in [-0.39, 0.29) is 12.2 Å². The molecule has 1 rings (SSSR count). The molecule has 0 bridgehead atoms. The van der Waals surface area contributed by atoms with E-state index in [1.165, 1.54) is 18.2 Å². The van der Waals surface area contributed by atoms with Crippen molar-refractivity contribution in [2.24, 2.45) is 5.92 Å². The van der Waals surface area contributed by atoms with Crippen LogP contribution in [0.2, 0.25) is 0 Å². The minimum Gasteiger partial charge on any atom is -0.384 e. The molecule has 108 valence electrons. The normalized spacial score (nSPS) is 10.1. The van der Waals surface area contributed by atoms with Gasteiger partial charge in [0, 0.05) is 12.1 Å². The van der Waals surface area contributed by atoms with Crippen LogP contribution in [-0.4, -0.2) is 24.2 Å². The van der Waals surface area contributed by atoms with Gasteiger partial charge in [-0.1, -0.05) is 25.7 Å². The van der Waals surface area contributed by atoms with E-state index < -0.39 is 11.7 Å². The Morgan fingerprint density at radius 2 is 2.20 bits per heavy atom. The lowest BCUT2D eigenvalue weighted by Gasteiger charge is -2.08. The fourth-order valence-electron chi connectivity index (χ4n) is 1.73. The lowest BCUT2D eigenvalue weighted by atomic mass is 10.1. The molecule has 0 atom stereocenters. The van der Waals surface area contributed by atoms with Crippen molar-refractivity contribution in [2.45, 2.75) is 26.7 Å². The summed E-state index contributed by atoms with van der Waals surface area (Å²) in [7, 11) is 0. The predicted octanol–water partition coefficient (Wildman–Crippen LogP) is 2.34. The number of nitrogens with one attached hydrogen (secondary N) is 1. The van der Waals surface area contributed by atoms with E-state index in [1.807, 2.05) is 0 Å². The summed E-state index contributed by atoms with van der Waals surface area (Å²) in [6, 6.07) is 4.09. The number of amides is 1. The van der Waals surface area contributed by atoms with Crippen LogP contribution < -0.4 is 5.32 Å². The molecule has 0 fully saturated rings. The van der Waals surface area contributed by atoms with Crippen molar-refractivity contribution in [3.05, 3.63) is 35.1 Å². The first-order valence-electron chi connectivity index (χ1n) is 6.72. The second-order valence-electron chi connectivity index (χ2n) is 4.95. The molecule has 0 heterocycles. The zero-order chi connectivity index (χ0) is 15.0. The summed E-state index contributed by atoms with van der Waals surface area (Å²) in [4.78, 5) is 11.9. The molecule has 1 aromatic carbocycles. The van der Waals surface area contributed by atoms with Crippen molar-refractivity contribution in [1.82, 2.24) is 5.32 Å². The molecule has 0 aliphatic carbocycles. The molecule has 2 N–H and O–H groups in total. The summed E-state index contributed by atoms with van der Waals surface area (Å²) in [6.07, 6.45) is 1.89. The number of carbonyl (C=O) groups is 1. The Kier molecular flexibility index (Phi) is 6.75. The van der Waals surface area contributed by atoms with Gasteiger partial charge in [-0.2, -0.15) is 0 Å². The van der Waals surface area contributed by atoms with E-state index in [4.69, 9.17) is 5.11 Å². The van der Waals surface area contributed by atoms with Crippen LogP contribution in [0.1, 0.15) is 42.6 Å². The highest BCUT2D eigenvalue weighted by Crippen LogP contribution is 2.10. The van der Waals surface area contributed by atoms with Crippen LogP contribution in [0.4, 0.5) is 4.39 Å². The second kappa shape index (κ2) is 8.34. The smallest absolute Gasteiger partial charge is 0.254 e. The fourth-order valence-corrected chi connectivity index (χ4v) is 1.73. The third-order valence-corrected chi connectivity index (χ3v) is 2.77. The Labute approximate surface area is 119 Å². The average Bonchev–Trinajstić information content (AvgIpc) is 2.42. The van der Waals surface area contributed by atoms with Crippen LogP contribution in [0.3, 0.4) is 0 Å².